The van der Waals surface area contributed by atoms with Crippen LogP contribution in [0.15, 0.2) is 66.7 Å². The molecule has 2 N–H and O–H groups in total. The highest BCUT2D eigenvalue weighted by atomic mass is 19.1. The monoisotopic (exact) mass is 531 g/mol. The SMILES string of the molecule is Cc1ccc2cc1OCC(=O)NCc1ccc(cc1)O[C@H]1CCN(C(=O)Cc3cccc(F)c3)C[C@@H]1NC2=O. The molecule has 2 atom stereocenters. The van der Waals surface area contributed by atoms with E-state index in [-0.39, 0.29) is 49.2 Å². The van der Waals surface area contributed by atoms with Gasteiger partial charge in [0, 0.05) is 31.6 Å². The number of piperidine rings is 1. The van der Waals surface area contributed by atoms with Crippen LogP contribution in [0.2, 0.25) is 0 Å². The van der Waals surface area contributed by atoms with E-state index in [2.05, 4.69) is 10.6 Å². The minimum atomic E-state index is -0.494. The van der Waals surface area contributed by atoms with Crippen LogP contribution < -0.4 is 20.1 Å². The fourth-order valence-corrected chi connectivity index (χ4v) is 4.77. The summed E-state index contributed by atoms with van der Waals surface area (Å²) in [4.78, 5) is 40.4. The Morgan fingerprint density at radius 3 is 2.69 bits per heavy atom. The average molecular weight is 532 g/mol. The molecule has 9 heteroatoms. The first kappa shape index (κ1) is 26.2. The van der Waals surface area contributed by atoms with Gasteiger partial charge in [-0.25, -0.2) is 4.39 Å². The van der Waals surface area contributed by atoms with Crippen molar-refractivity contribution in [3.05, 3.63) is 94.8 Å². The van der Waals surface area contributed by atoms with Crippen molar-refractivity contribution < 1.29 is 28.2 Å². The van der Waals surface area contributed by atoms with Crippen LogP contribution in [0.25, 0.3) is 0 Å². The molecule has 0 saturated carbocycles. The molecule has 39 heavy (non-hydrogen) atoms. The second-order valence-electron chi connectivity index (χ2n) is 9.86. The van der Waals surface area contributed by atoms with Crippen LogP contribution in [0.1, 0.15) is 33.5 Å². The van der Waals surface area contributed by atoms with Gasteiger partial charge in [-0.05, 0) is 60.0 Å². The summed E-state index contributed by atoms with van der Waals surface area (Å²) in [5.74, 6) is -0.0943. The Morgan fingerprint density at radius 2 is 1.90 bits per heavy atom. The number of nitrogens with one attached hydrogen (secondary N) is 2. The van der Waals surface area contributed by atoms with Gasteiger partial charge < -0.3 is 25.0 Å². The summed E-state index contributed by atoms with van der Waals surface area (Å²) in [6.45, 7) is 2.69. The first-order valence-corrected chi connectivity index (χ1v) is 12.9. The Kier molecular flexibility index (Phi) is 7.76. The van der Waals surface area contributed by atoms with Crippen molar-refractivity contribution in [3.63, 3.8) is 0 Å². The maximum absolute atomic E-state index is 13.6. The number of fused-ring (bicyclic) bond motifs is 7. The number of amides is 3. The third kappa shape index (κ3) is 6.54. The smallest absolute Gasteiger partial charge is 0.258 e. The molecule has 1 fully saturated rings. The number of carbonyl (C=O) groups excluding carboxylic acids is 3. The number of ether oxygens (including phenoxy) is 2. The zero-order valence-electron chi connectivity index (χ0n) is 21.6. The van der Waals surface area contributed by atoms with E-state index in [9.17, 15) is 18.8 Å². The minimum absolute atomic E-state index is 0.0663. The highest BCUT2D eigenvalue weighted by Crippen LogP contribution is 2.23. The molecule has 8 nitrogen and oxygen atoms in total. The van der Waals surface area contributed by atoms with Gasteiger partial charge in [0.2, 0.25) is 5.91 Å². The zero-order valence-corrected chi connectivity index (χ0v) is 21.6. The number of halogens is 1. The quantitative estimate of drug-likeness (QED) is 0.530. The van der Waals surface area contributed by atoms with E-state index >= 15 is 0 Å². The van der Waals surface area contributed by atoms with Crippen LogP contribution in [0.3, 0.4) is 0 Å². The van der Waals surface area contributed by atoms with E-state index in [0.29, 0.717) is 42.1 Å². The molecule has 0 unspecified atom stereocenters. The lowest BCUT2D eigenvalue weighted by Crippen LogP contribution is -2.58. The van der Waals surface area contributed by atoms with Crippen molar-refractivity contribution in [1.29, 1.82) is 0 Å². The highest BCUT2D eigenvalue weighted by Gasteiger charge is 2.34. The highest BCUT2D eigenvalue weighted by molar-refractivity contribution is 5.95. The van der Waals surface area contributed by atoms with Crippen molar-refractivity contribution in [2.24, 2.45) is 0 Å². The molecule has 6 rings (SSSR count). The van der Waals surface area contributed by atoms with Gasteiger partial charge in [-0.15, -0.1) is 0 Å². The molecular formula is C30H30FN3O5. The number of hydrogen-bond acceptors (Lipinski definition) is 5. The van der Waals surface area contributed by atoms with Gasteiger partial charge in [-0.3, -0.25) is 14.4 Å². The molecule has 202 valence electrons. The molecule has 0 aliphatic carbocycles. The van der Waals surface area contributed by atoms with Crippen molar-refractivity contribution in [3.8, 4) is 11.5 Å². The Labute approximate surface area is 226 Å². The number of nitrogens with zero attached hydrogens (tertiary/aromatic N) is 1. The summed E-state index contributed by atoms with van der Waals surface area (Å²) in [6.07, 6.45) is 0.186. The van der Waals surface area contributed by atoms with E-state index in [1.165, 1.54) is 12.1 Å². The van der Waals surface area contributed by atoms with E-state index in [1.807, 2.05) is 31.2 Å². The molecule has 0 spiro atoms. The molecule has 3 aromatic rings. The molecular weight excluding hydrogens is 501 g/mol. The van der Waals surface area contributed by atoms with Crippen molar-refractivity contribution >= 4 is 17.7 Å². The summed E-state index contributed by atoms with van der Waals surface area (Å²) in [7, 11) is 0. The molecule has 1 saturated heterocycles. The second-order valence-corrected chi connectivity index (χ2v) is 9.86. The van der Waals surface area contributed by atoms with E-state index in [0.717, 1.165) is 11.1 Å². The fraction of sp³-hybridized carbons (Fsp3) is 0.300. The molecule has 3 amide bonds. The number of carbonyl (C=O) groups is 3. The van der Waals surface area contributed by atoms with Gasteiger partial charge in [0.25, 0.3) is 11.8 Å². The van der Waals surface area contributed by atoms with E-state index in [4.69, 9.17) is 9.47 Å². The van der Waals surface area contributed by atoms with Gasteiger partial charge in [0.1, 0.15) is 23.4 Å². The standard InChI is InChI=1S/C30H30FN3O5/c1-19-5-8-22-15-27(19)38-18-28(35)32-16-20-6-9-24(10-7-20)39-26-11-12-34(17-25(26)33-30(22)37)29(36)14-21-3-2-4-23(31)13-21/h2-10,13,15,25-26H,11-12,14,16-18H2,1H3,(H,32,35)(H,33,37)/t25-,26-/m0/s1. The number of aryl methyl sites for hydroxylation is 1. The van der Waals surface area contributed by atoms with Crippen LogP contribution >= 0.6 is 0 Å². The van der Waals surface area contributed by atoms with Crippen LogP contribution in [-0.4, -0.2) is 54.5 Å². The van der Waals surface area contributed by atoms with Gasteiger partial charge in [0.15, 0.2) is 6.61 Å². The fourth-order valence-electron chi connectivity index (χ4n) is 4.77. The lowest BCUT2D eigenvalue weighted by atomic mass is 9.99. The Balaban J connectivity index is 1.39. The lowest BCUT2D eigenvalue weighted by Gasteiger charge is -2.39. The van der Waals surface area contributed by atoms with Gasteiger partial charge >= 0.3 is 0 Å². The topological polar surface area (TPSA) is 97.0 Å². The maximum atomic E-state index is 13.6. The van der Waals surface area contributed by atoms with Gasteiger partial charge in [-0.1, -0.05) is 30.3 Å². The van der Waals surface area contributed by atoms with Crippen molar-refractivity contribution in [2.75, 3.05) is 19.7 Å². The first-order chi connectivity index (χ1) is 18.8. The number of benzene rings is 3. The largest absolute Gasteiger partial charge is 0.488 e. The summed E-state index contributed by atoms with van der Waals surface area (Å²) in [6, 6.07) is 17.9. The van der Waals surface area contributed by atoms with E-state index in [1.54, 1.807) is 35.2 Å². The van der Waals surface area contributed by atoms with Crippen LogP contribution in [0.5, 0.6) is 11.5 Å². The van der Waals surface area contributed by atoms with Crippen LogP contribution in [0.4, 0.5) is 4.39 Å². The normalized spacial score (nSPS) is 19.6. The predicted molar refractivity (Wildman–Crippen MR) is 142 cm³/mol. The van der Waals surface area contributed by atoms with E-state index < -0.39 is 6.04 Å². The van der Waals surface area contributed by atoms with Gasteiger partial charge in [0.05, 0.1) is 12.5 Å². The molecule has 0 radical (unpaired) electrons. The predicted octanol–water partition coefficient (Wildman–Crippen LogP) is 3.16. The molecule has 3 heterocycles. The molecule has 0 aromatic heterocycles. The Hall–Kier alpha value is -4.40. The number of likely N-dealkylation sites (tertiary alicyclic amines) is 1. The Bertz CT molecular complexity index is 1380. The molecule has 3 aromatic carbocycles. The summed E-state index contributed by atoms with van der Waals surface area (Å²) < 4.78 is 25.6. The number of rotatable bonds is 2. The van der Waals surface area contributed by atoms with Crippen LogP contribution in [-0.2, 0) is 22.6 Å². The van der Waals surface area contributed by atoms with Crippen LogP contribution in [0, 0.1) is 12.7 Å². The third-order valence-corrected chi connectivity index (χ3v) is 6.97. The molecule has 4 bridgehead atoms. The van der Waals surface area contributed by atoms with Gasteiger partial charge in [-0.2, -0.15) is 0 Å². The number of hydrogen-bond donors (Lipinski definition) is 2. The zero-order chi connectivity index (χ0) is 27.4. The third-order valence-electron chi connectivity index (χ3n) is 6.97. The first-order valence-electron chi connectivity index (χ1n) is 12.9. The molecule has 3 aliphatic rings. The summed E-state index contributed by atoms with van der Waals surface area (Å²) >= 11 is 0. The molecule has 3 aliphatic heterocycles. The lowest BCUT2D eigenvalue weighted by molar-refractivity contribution is -0.133. The summed E-state index contributed by atoms with van der Waals surface area (Å²) in [5.41, 5.74) is 2.66. The average Bonchev–Trinajstić information content (AvgIpc) is 2.92. The Morgan fingerprint density at radius 1 is 1.08 bits per heavy atom. The maximum Gasteiger partial charge on any atom is 0.258 e. The summed E-state index contributed by atoms with van der Waals surface area (Å²) in [5, 5.41) is 5.87. The van der Waals surface area contributed by atoms with Crippen molar-refractivity contribution in [1.82, 2.24) is 15.5 Å². The second kappa shape index (κ2) is 11.6. The van der Waals surface area contributed by atoms with Crippen molar-refractivity contribution in [2.45, 2.75) is 38.5 Å². The minimum Gasteiger partial charge on any atom is -0.488 e.